The first-order chi connectivity index (χ1) is 9.99. The molecular weight excluding hydrogens is 296 g/mol. The molecule has 1 amide bonds. The number of piperidine rings is 1. The number of amides is 1. The van der Waals surface area contributed by atoms with Crippen molar-refractivity contribution in [2.45, 2.75) is 32.3 Å². The van der Waals surface area contributed by atoms with Crippen LogP contribution in [0.5, 0.6) is 5.75 Å². The lowest BCUT2D eigenvalue weighted by Crippen LogP contribution is -2.43. The van der Waals surface area contributed by atoms with E-state index in [9.17, 15) is 14.9 Å². The molecule has 1 aromatic rings. The number of ether oxygens (including phenoxy) is 1. The summed E-state index contributed by atoms with van der Waals surface area (Å²) in [6, 6.07) is 3.93. The van der Waals surface area contributed by atoms with E-state index in [1.165, 1.54) is 18.2 Å². The maximum Gasteiger partial charge on any atom is 0.273 e. The molecule has 114 valence electrons. The highest BCUT2D eigenvalue weighted by Crippen LogP contribution is 2.30. The highest BCUT2D eigenvalue weighted by molar-refractivity contribution is 6.32. The van der Waals surface area contributed by atoms with Crippen LogP contribution in [-0.2, 0) is 4.79 Å². The van der Waals surface area contributed by atoms with Gasteiger partial charge in [0.15, 0.2) is 6.10 Å². The molecule has 0 N–H and O–H groups in total. The molecule has 0 radical (unpaired) electrons. The zero-order valence-electron chi connectivity index (χ0n) is 11.8. The molecule has 1 atom stereocenters. The molecule has 1 aliphatic heterocycles. The summed E-state index contributed by atoms with van der Waals surface area (Å²) in [4.78, 5) is 24.3. The first-order valence-corrected chi connectivity index (χ1v) is 7.26. The average Bonchev–Trinajstić information content (AvgIpc) is 2.49. The molecule has 1 saturated heterocycles. The fraction of sp³-hybridized carbons (Fsp3) is 0.500. The van der Waals surface area contributed by atoms with Crippen molar-refractivity contribution in [3.05, 3.63) is 33.3 Å². The molecule has 1 unspecified atom stereocenters. The lowest BCUT2D eigenvalue weighted by atomic mass is 10.1. The van der Waals surface area contributed by atoms with Crippen LogP contribution in [0.15, 0.2) is 18.2 Å². The Labute approximate surface area is 127 Å². The van der Waals surface area contributed by atoms with Crippen molar-refractivity contribution < 1.29 is 14.5 Å². The van der Waals surface area contributed by atoms with E-state index < -0.39 is 11.0 Å². The van der Waals surface area contributed by atoms with Crippen molar-refractivity contribution in [3.63, 3.8) is 0 Å². The van der Waals surface area contributed by atoms with E-state index in [2.05, 4.69) is 0 Å². The Kier molecular flexibility index (Phi) is 5.01. The van der Waals surface area contributed by atoms with Crippen molar-refractivity contribution >= 4 is 23.2 Å². The number of benzene rings is 1. The van der Waals surface area contributed by atoms with Crippen LogP contribution in [0.25, 0.3) is 0 Å². The van der Waals surface area contributed by atoms with Crippen molar-refractivity contribution in [2.75, 3.05) is 13.1 Å². The molecular formula is C14H17ClN2O4. The minimum absolute atomic E-state index is 0.114. The summed E-state index contributed by atoms with van der Waals surface area (Å²) in [6.45, 7) is 3.09. The van der Waals surface area contributed by atoms with E-state index in [-0.39, 0.29) is 22.4 Å². The normalized spacial score (nSPS) is 16.4. The predicted octanol–water partition coefficient (Wildman–Crippen LogP) is 3.03. The number of nitro benzene ring substituents is 1. The second-order valence-corrected chi connectivity index (χ2v) is 5.43. The third-order valence-corrected chi connectivity index (χ3v) is 3.76. The van der Waals surface area contributed by atoms with Gasteiger partial charge in [-0.1, -0.05) is 11.6 Å². The molecule has 1 aromatic carbocycles. The fourth-order valence-electron chi connectivity index (χ4n) is 2.31. The lowest BCUT2D eigenvalue weighted by molar-refractivity contribution is -0.384. The molecule has 0 aliphatic carbocycles. The topological polar surface area (TPSA) is 72.7 Å². The number of carbonyl (C=O) groups is 1. The summed E-state index contributed by atoms with van der Waals surface area (Å²) in [5, 5.41) is 11.0. The molecule has 0 bridgehead atoms. The Morgan fingerprint density at radius 3 is 2.67 bits per heavy atom. The number of nitro groups is 1. The van der Waals surface area contributed by atoms with Gasteiger partial charge in [-0.15, -0.1) is 0 Å². The van der Waals surface area contributed by atoms with Crippen LogP contribution in [0.4, 0.5) is 5.69 Å². The molecule has 0 aromatic heterocycles. The molecule has 21 heavy (non-hydrogen) atoms. The first kappa shape index (κ1) is 15.6. The van der Waals surface area contributed by atoms with Gasteiger partial charge in [-0.25, -0.2) is 0 Å². The number of hydrogen-bond acceptors (Lipinski definition) is 4. The van der Waals surface area contributed by atoms with E-state index >= 15 is 0 Å². The Morgan fingerprint density at radius 2 is 2.05 bits per heavy atom. The Bertz CT molecular complexity index is 544. The van der Waals surface area contributed by atoms with Crippen molar-refractivity contribution in [3.8, 4) is 5.75 Å². The van der Waals surface area contributed by atoms with Crippen molar-refractivity contribution in [2.24, 2.45) is 0 Å². The second-order valence-electron chi connectivity index (χ2n) is 5.02. The summed E-state index contributed by atoms with van der Waals surface area (Å²) >= 11 is 5.96. The van der Waals surface area contributed by atoms with Gasteiger partial charge < -0.3 is 9.64 Å². The second kappa shape index (κ2) is 6.76. The fourth-order valence-corrected chi connectivity index (χ4v) is 2.47. The standard InChI is InChI=1S/C14H17ClN2O4/c1-10(14(18)16-7-3-2-4-8-16)21-13-9-11(17(19)20)5-6-12(13)15/h5-6,9-10H,2-4,7-8H2,1H3. The molecule has 7 heteroatoms. The molecule has 1 heterocycles. The highest BCUT2D eigenvalue weighted by Gasteiger charge is 2.24. The van der Waals surface area contributed by atoms with Crippen LogP contribution in [0.1, 0.15) is 26.2 Å². The van der Waals surface area contributed by atoms with E-state index in [0.29, 0.717) is 0 Å². The summed E-state index contributed by atoms with van der Waals surface area (Å²) in [6.07, 6.45) is 2.41. The van der Waals surface area contributed by atoms with Gasteiger partial charge in [-0.05, 0) is 32.3 Å². The van der Waals surface area contributed by atoms with Crippen LogP contribution < -0.4 is 4.74 Å². The summed E-state index contributed by atoms with van der Waals surface area (Å²) in [5.41, 5.74) is -0.118. The summed E-state index contributed by atoms with van der Waals surface area (Å²) in [7, 11) is 0. The Hall–Kier alpha value is -1.82. The average molecular weight is 313 g/mol. The number of likely N-dealkylation sites (tertiary alicyclic amines) is 1. The molecule has 0 saturated carbocycles. The zero-order chi connectivity index (χ0) is 15.4. The number of non-ortho nitro benzene ring substituents is 1. The third-order valence-electron chi connectivity index (χ3n) is 3.44. The maximum absolute atomic E-state index is 12.3. The number of hydrogen-bond donors (Lipinski definition) is 0. The smallest absolute Gasteiger partial charge is 0.273 e. The Balaban J connectivity index is 2.07. The van der Waals surface area contributed by atoms with Crippen LogP contribution in [-0.4, -0.2) is 34.9 Å². The number of nitrogens with zero attached hydrogens (tertiary/aromatic N) is 2. The third kappa shape index (κ3) is 3.85. The van der Waals surface area contributed by atoms with Crippen molar-refractivity contribution in [1.82, 2.24) is 4.90 Å². The van der Waals surface area contributed by atoms with E-state index in [1.807, 2.05) is 0 Å². The molecule has 1 fully saturated rings. The van der Waals surface area contributed by atoms with Crippen LogP contribution in [0.2, 0.25) is 5.02 Å². The van der Waals surface area contributed by atoms with Gasteiger partial charge in [-0.3, -0.25) is 14.9 Å². The molecule has 0 spiro atoms. The van der Waals surface area contributed by atoms with E-state index in [0.717, 1.165) is 32.4 Å². The lowest BCUT2D eigenvalue weighted by Gasteiger charge is -2.29. The molecule has 6 nitrogen and oxygen atoms in total. The van der Waals surface area contributed by atoms with Gasteiger partial charge in [0.25, 0.3) is 11.6 Å². The van der Waals surface area contributed by atoms with E-state index in [1.54, 1.807) is 11.8 Å². The minimum atomic E-state index is -0.720. The van der Waals surface area contributed by atoms with Gasteiger partial charge in [-0.2, -0.15) is 0 Å². The minimum Gasteiger partial charge on any atom is -0.479 e. The number of rotatable bonds is 4. The quantitative estimate of drug-likeness (QED) is 0.633. The predicted molar refractivity (Wildman–Crippen MR) is 78.6 cm³/mol. The van der Waals surface area contributed by atoms with Gasteiger partial charge >= 0.3 is 0 Å². The van der Waals surface area contributed by atoms with Gasteiger partial charge in [0.1, 0.15) is 5.75 Å². The maximum atomic E-state index is 12.3. The van der Waals surface area contributed by atoms with Crippen molar-refractivity contribution in [1.29, 1.82) is 0 Å². The number of halogens is 1. The van der Waals surface area contributed by atoms with E-state index in [4.69, 9.17) is 16.3 Å². The van der Waals surface area contributed by atoms with Gasteiger partial charge in [0, 0.05) is 19.2 Å². The van der Waals surface area contributed by atoms with Crippen LogP contribution >= 0.6 is 11.6 Å². The van der Waals surface area contributed by atoms with Crippen LogP contribution in [0, 0.1) is 10.1 Å². The molecule has 1 aliphatic rings. The monoisotopic (exact) mass is 312 g/mol. The highest BCUT2D eigenvalue weighted by atomic mass is 35.5. The molecule has 2 rings (SSSR count). The number of carbonyl (C=O) groups excluding carboxylic acids is 1. The summed E-state index contributed by atoms with van der Waals surface area (Å²) in [5.74, 6) is 0.0426. The van der Waals surface area contributed by atoms with Gasteiger partial charge in [0.05, 0.1) is 16.0 Å². The Morgan fingerprint density at radius 1 is 1.38 bits per heavy atom. The van der Waals surface area contributed by atoms with Gasteiger partial charge in [0.2, 0.25) is 0 Å². The SMILES string of the molecule is CC(Oc1cc([N+](=O)[O-])ccc1Cl)C(=O)N1CCCCC1. The largest absolute Gasteiger partial charge is 0.479 e. The van der Waals surface area contributed by atoms with Crippen LogP contribution in [0.3, 0.4) is 0 Å². The zero-order valence-corrected chi connectivity index (χ0v) is 12.5. The summed E-state index contributed by atoms with van der Waals surface area (Å²) < 4.78 is 5.52. The first-order valence-electron chi connectivity index (χ1n) is 6.88.